The highest BCUT2D eigenvalue weighted by Gasteiger charge is 1.93. The van der Waals surface area contributed by atoms with Crippen molar-refractivity contribution in [1.29, 1.82) is 0 Å². The molecule has 74 valence electrons. The Labute approximate surface area is 91.1 Å². The van der Waals surface area contributed by atoms with E-state index in [-0.39, 0.29) is 5.12 Å². The van der Waals surface area contributed by atoms with Crippen LogP contribution >= 0.6 is 23.1 Å². The van der Waals surface area contributed by atoms with Gasteiger partial charge in [-0.15, -0.1) is 0 Å². The highest BCUT2D eigenvalue weighted by atomic mass is 32.2. The fourth-order valence-corrected chi connectivity index (χ4v) is 1.79. The molecule has 0 radical (unpaired) electrons. The molecular weight excluding hydrogens is 216 g/mol. The zero-order chi connectivity index (χ0) is 10.4. The third kappa shape index (κ3) is 4.30. The normalized spacial score (nSPS) is 9.21. The lowest BCUT2D eigenvalue weighted by Gasteiger charge is -1.87. The summed E-state index contributed by atoms with van der Waals surface area (Å²) in [6, 6.07) is 0. The van der Waals surface area contributed by atoms with E-state index in [0.717, 1.165) is 10.6 Å². The molecule has 1 heterocycles. The molecule has 0 unspecified atom stereocenters. The minimum atomic E-state index is 0.133. The second-order valence-corrected chi connectivity index (χ2v) is 4.79. The number of thiazole rings is 1. The molecule has 2 N–H and O–H groups in total. The van der Waals surface area contributed by atoms with E-state index in [9.17, 15) is 4.79 Å². The first-order valence-electron chi connectivity index (χ1n) is 4.02. The minimum Gasteiger partial charge on any atom is -0.375 e. The molecule has 0 spiro atoms. The number of rotatable bonds is 2. The van der Waals surface area contributed by atoms with Gasteiger partial charge in [-0.2, -0.15) is 0 Å². The number of hydrogen-bond acceptors (Lipinski definition) is 5. The molecule has 3 nitrogen and oxygen atoms in total. The first-order valence-corrected chi connectivity index (χ1v) is 5.82. The minimum absolute atomic E-state index is 0.133. The number of thioether (sulfide) groups is 1. The van der Waals surface area contributed by atoms with Crippen LogP contribution < -0.4 is 5.73 Å². The van der Waals surface area contributed by atoms with Gasteiger partial charge in [0.25, 0.3) is 0 Å². The van der Waals surface area contributed by atoms with Crippen LogP contribution in [0, 0.1) is 11.8 Å². The lowest BCUT2D eigenvalue weighted by molar-refractivity contribution is -0.109. The molecule has 0 atom stereocenters. The number of nitrogens with two attached hydrogens (primary N) is 1. The summed E-state index contributed by atoms with van der Waals surface area (Å²) in [6.07, 6.45) is 2.37. The molecule has 5 heteroatoms. The smallest absolute Gasteiger partial charge is 0.185 e. The molecule has 0 aromatic carbocycles. The van der Waals surface area contributed by atoms with Crippen LogP contribution in [0.5, 0.6) is 0 Å². The highest BCUT2D eigenvalue weighted by molar-refractivity contribution is 8.13. The summed E-state index contributed by atoms with van der Waals surface area (Å²) >= 11 is 2.66. The van der Waals surface area contributed by atoms with Gasteiger partial charge in [0.05, 0.1) is 11.1 Å². The van der Waals surface area contributed by atoms with Crippen molar-refractivity contribution in [3.05, 3.63) is 11.1 Å². The molecule has 0 saturated heterocycles. The van der Waals surface area contributed by atoms with Gasteiger partial charge in [-0.05, 0) is 0 Å². The van der Waals surface area contributed by atoms with Gasteiger partial charge in [0.2, 0.25) is 0 Å². The Balaban J connectivity index is 2.30. The third-order valence-corrected chi connectivity index (χ3v) is 2.82. The van der Waals surface area contributed by atoms with Gasteiger partial charge in [0, 0.05) is 19.1 Å². The third-order valence-electron chi connectivity index (χ3n) is 1.27. The van der Waals surface area contributed by atoms with Crippen molar-refractivity contribution >= 4 is 33.3 Å². The number of nitrogens with zero attached hydrogens (tertiary/aromatic N) is 1. The largest absolute Gasteiger partial charge is 0.375 e. The van der Waals surface area contributed by atoms with Crippen molar-refractivity contribution in [2.75, 3.05) is 11.5 Å². The van der Waals surface area contributed by atoms with E-state index in [2.05, 4.69) is 16.8 Å². The first kappa shape index (κ1) is 11.1. The van der Waals surface area contributed by atoms with Gasteiger partial charge in [-0.1, -0.05) is 34.9 Å². The van der Waals surface area contributed by atoms with E-state index >= 15 is 0 Å². The van der Waals surface area contributed by atoms with E-state index in [1.165, 1.54) is 23.1 Å². The van der Waals surface area contributed by atoms with E-state index in [1.54, 1.807) is 13.1 Å². The summed E-state index contributed by atoms with van der Waals surface area (Å²) in [6.45, 7) is 1.56. The molecule has 0 bridgehead atoms. The number of aromatic nitrogens is 1. The fraction of sp³-hybridized carbons (Fsp3) is 0.333. The molecule has 1 aromatic rings. The standard InChI is InChI=1S/C9H10N2OS2/c1-7(12)13-5-3-2-4-8-6-11-9(10)14-8/h6H,3,5H2,1H3,(H2,10,11). The summed E-state index contributed by atoms with van der Waals surface area (Å²) in [5.41, 5.74) is 5.44. The average molecular weight is 226 g/mol. The SMILES string of the molecule is CC(=O)SCCC#Cc1cnc(N)s1. The van der Waals surface area contributed by atoms with Crippen molar-refractivity contribution in [2.45, 2.75) is 13.3 Å². The first-order chi connectivity index (χ1) is 6.68. The Kier molecular flexibility index (Phi) is 4.50. The van der Waals surface area contributed by atoms with Crippen LogP contribution in [0.25, 0.3) is 0 Å². The van der Waals surface area contributed by atoms with E-state index in [0.29, 0.717) is 11.6 Å². The molecule has 0 fully saturated rings. The number of carbonyl (C=O) groups excluding carboxylic acids is 1. The maximum Gasteiger partial charge on any atom is 0.185 e. The van der Waals surface area contributed by atoms with Crippen LogP contribution in [0.2, 0.25) is 0 Å². The molecule has 0 amide bonds. The van der Waals surface area contributed by atoms with Crippen LogP contribution in [-0.2, 0) is 4.79 Å². The Hall–Kier alpha value is -0.990. The predicted molar refractivity (Wildman–Crippen MR) is 61.2 cm³/mol. The van der Waals surface area contributed by atoms with Crippen LogP contribution in [0.1, 0.15) is 18.2 Å². The molecular formula is C9H10N2OS2. The van der Waals surface area contributed by atoms with E-state index < -0.39 is 0 Å². The predicted octanol–water partition coefficient (Wildman–Crippen LogP) is 1.75. The summed E-state index contributed by atoms with van der Waals surface area (Å²) in [5.74, 6) is 6.65. The Bertz CT molecular complexity index is 376. The van der Waals surface area contributed by atoms with Crippen molar-refractivity contribution < 1.29 is 4.79 Å². The van der Waals surface area contributed by atoms with Crippen LogP contribution in [0.3, 0.4) is 0 Å². The van der Waals surface area contributed by atoms with Gasteiger partial charge in [-0.3, -0.25) is 4.79 Å². The van der Waals surface area contributed by atoms with Crippen LogP contribution in [-0.4, -0.2) is 15.9 Å². The summed E-state index contributed by atoms with van der Waals surface area (Å²) < 4.78 is 0. The van der Waals surface area contributed by atoms with Crippen molar-refractivity contribution in [3.8, 4) is 11.8 Å². The molecule has 1 aromatic heterocycles. The van der Waals surface area contributed by atoms with Gasteiger partial charge in [-0.25, -0.2) is 4.98 Å². The highest BCUT2D eigenvalue weighted by Crippen LogP contribution is 2.12. The average Bonchev–Trinajstić information content (AvgIpc) is 2.50. The van der Waals surface area contributed by atoms with Gasteiger partial charge in [0.15, 0.2) is 10.2 Å². The number of anilines is 1. The fourth-order valence-electron chi connectivity index (χ4n) is 0.741. The van der Waals surface area contributed by atoms with Crippen LogP contribution in [0.4, 0.5) is 5.13 Å². The van der Waals surface area contributed by atoms with E-state index in [4.69, 9.17) is 5.73 Å². The maximum absolute atomic E-state index is 10.6. The van der Waals surface area contributed by atoms with Gasteiger partial charge < -0.3 is 5.73 Å². The Morgan fingerprint density at radius 2 is 2.57 bits per heavy atom. The lowest BCUT2D eigenvalue weighted by Crippen LogP contribution is -1.83. The Morgan fingerprint density at radius 1 is 1.79 bits per heavy atom. The summed E-state index contributed by atoms with van der Waals surface area (Å²) in [7, 11) is 0. The molecule has 0 aliphatic carbocycles. The summed E-state index contributed by atoms with van der Waals surface area (Å²) in [4.78, 5) is 15.3. The zero-order valence-corrected chi connectivity index (χ0v) is 9.37. The quantitative estimate of drug-likeness (QED) is 0.616. The molecule has 0 saturated carbocycles. The van der Waals surface area contributed by atoms with Crippen molar-refractivity contribution in [2.24, 2.45) is 0 Å². The molecule has 14 heavy (non-hydrogen) atoms. The molecule has 0 aliphatic heterocycles. The number of hydrogen-bond donors (Lipinski definition) is 1. The van der Waals surface area contributed by atoms with Crippen LogP contribution in [0.15, 0.2) is 6.20 Å². The second kappa shape index (κ2) is 5.68. The maximum atomic E-state index is 10.6. The second-order valence-electron chi connectivity index (χ2n) is 2.45. The lowest BCUT2D eigenvalue weighted by atomic mass is 10.4. The zero-order valence-electron chi connectivity index (χ0n) is 7.74. The number of carbonyl (C=O) groups is 1. The number of nitrogen functional groups attached to an aromatic ring is 1. The topological polar surface area (TPSA) is 56.0 Å². The van der Waals surface area contributed by atoms with Crippen molar-refractivity contribution in [1.82, 2.24) is 4.98 Å². The van der Waals surface area contributed by atoms with E-state index in [1.807, 2.05) is 0 Å². The van der Waals surface area contributed by atoms with Gasteiger partial charge >= 0.3 is 0 Å². The van der Waals surface area contributed by atoms with Gasteiger partial charge in [0.1, 0.15) is 0 Å². The Morgan fingerprint density at radius 3 is 3.14 bits per heavy atom. The monoisotopic (exact) mass is 226 g/mol. The molecule has 0 aliphatic rings. The summed E-state index contributed by atoms with van der Waals surface area (Å²) in [5, 5.41) is 0.668. The molecule has 1 rings (SSSR count). The van der Waals surface area contributed by atoms with Crippen molar-refractivity contribution in [3.63, 3.8) is 0 Å².